The number of aliphatic hydroxyl groups excluding tert-OH is 1. The maximum atomic E-state index is 12.8. The van der Waals surface area contributed by atoms with Gasteiger partial charge in [0, 0.05) is 0 Å². The quantitative estimate of drug-likeness (QED) is 0.357. The molecular weight excluding hydrogens is 309 g/mol. The van der Waals surface area contributed by atoms with Crippen LogP contribution < -0.4 is 0 Å². The Bertz CT molecular complexity index is 276. The molecule has 0 aliphatic rings. The van der Waals surface area contributed by atoms with E-state index in [4.69, 9.17) is 5.11 Å². The van der Waals surface area contributed by atoms with Crippen molar-refractivity contribution < 1.29 is 54.8 Å². The molecule has 0 aliphatic carbocycles. The molecule has 0 radical (unpaired) electrons. The molecule has 0 atom stereocenters. The van der Waals surface area contributed by atoms with Crippen LogP contribution in [-0.4, -0.2) is 56.9 Å². The van der Waals surface area contributed by atoms with Gasteiger partial charge in [0.15, 0.2) is 6.86 Å². The van der Waals surface area contributed by atoms with Crippen molar-refractivity contribution in [2.75, 3.05) is 33.3 Å². The molecule has 0 heterocycles. The average molecular weight is 320 g/mol. The topological polar surface area (TPSA) is 57.2 Å². The van der Waals surface area contributed by atoms with Crippen LogP contribution in [-0.2, 0) is 18.9 Å². The lowest BCUT2D eigenvalue weighted by molar-refractivity contribution is -0.529. The van der Waals surface area contributed by atoms with E-state index in [1.54, 1.807) is 0 Å². The molecule has 1 N–H and O–H groups in total. The molecule has 0 saturated carbocycles. The highest BCUT2D eigenvalue weighted by atomic mass is 19.3. The van der Waals surface area contributed by atoms with Crippen LogP contribution >= 0.6 is 0 Å². The van der Waals surface area contributed by atoms with Crippen LogP contribution in [0.3, 0.4) is 0 Å². The number of alkyl halides is 7. The van der Waals surface area contributed by atoms with Gasteiger partial charge in [-0.25, -0.2) is 9.13 Å². The van der Waals surface area contributed by atoms with Crippen molar-refractivity contribution in [3.05, 3.63) is 0 Å². The lowest BCUT2D eigenvalue weighted by atomic mass is 10.5. The van der Waals surface area contributed by atoms with Crippen molar-refractivity contribution in [2.45, 2.75) is 18.5 Å². The first-order valence-electron chi connectivity index (χ1n) is 4.94. The van der Waals surface area contributed by atoms with Crippen molar-refractivity contribution >= 4 is 0 Å². The van der Waals surface area contributed by atoms with E-state index in [1.807, 2.05) is 0 Å². The highest BCUT2D eigenvalue weighted by Crippen LogP contribution is 2.40. The summed E-state index contributed by atoms with van der Waals surface area (Å²) in [7, 11) is 0. The predicted molar refractivity (Wildman–Crippen MR) is 46.8 cm³/mol. The van der Waals surface area contributed by atoms with Crippen molar-refractivity contribution in [3.63, 3.8) is 0 Å². The van der Waals surface area contributed by atoms with Gasteiger partial charge in [0.25, 0.3) is 0 Å². The van der Waals surface area contributed by atoms with E-state index in [-0.39, 0.29) is 6.61 Å². The van der Waals surface area contributed by atoms with Gasteiger partial charge in [-0.3, -0.25) is 4.74 Å². The molecule has 0 unspecified atom stereocenters. The number of hydrogen-bond donors (Lipinski definition) is 1. The van der Waals surface area contributed by atoms with E-state index in [2.05, 4.69) is 18.9 Å². The highest BCUT2D eigenvalue weighted by Gasteiger charge is 2.64. The number of hydrogen-bond acceptors (Lipinski definition) is 5. The summed E-state index contributed by atoms with van der Waals surface area (Å²) in [5.41, 5.74) is 0. The average Bonchev–Trinajstić information content (AvgIpc) is 2.26. The van der Waals surface area contributed by atoms with Crippen LogP contribution in [0, 0.1) is 0 Å². The van der Waals surface area contributed by atoms with Crippen molar-refractivity contribution in [1.29, 1.82) is 0 Å². The third-order valence-corrected chi connectivity index (χ3v) is 1.56. The van der Waals surface area contributed by atoms with Gasteiger partial charge >= 0.3 is 18.5 Å². The Morgan fingerprint density at radius 1 is 0.800 bits per heavy atom. The van der Waals surface area contributed by atoms with Crippen LogP contribution in [0.25, 0.3) is 0 Å². The van der Waals surface area contributed by atoms with Crippen LogP contribution in [0.15, 0.2) is 0 Å². The van der Waals surface area contributed by atoms with Crippen molar-refractivity contribution in [1.82, 2.24) is 0 Å². The first kappa shape index (κ1) is 19.3. The summed E-state index contributed by atoms with van der Waals surface area (Å²) in [6, 6.07) is 0. The molecule has 0 aromatic rings. The zero-order valence-electron chi connectivity index (χ0n) is 9.76. The number of halogens is 7. The standard InChI is InChI=1S/C8H11F7O5/c9-5-19-8(14,15)20-7(12,13)6(10,11)18-4-3-17-2-1-16/h16H,1-5H2. The molecule has 122 valence electrons. The normalized spacial score (nSPS) is 13.8. The summed E-state index contributed by atoms with van der Waals surface area (Å²) in [5.74, 6) is 0. The van der Waals surface area contributed by atoms with E-state index in [0.717, 1.165) is 0 Å². The predicted octanol–water partition coefficient (Wildman–Crippen LogP) is 1.71. The van der Waals surface area contributed by atoms with E-state index in [1.165, 1.54) is 0 Å². The molecule has 0 aromatic heterocycles. The van der Waals surface area contributed by atoms with Crippen LogP contribution in [0.4, 0.5) is 30.7 Å². The monoisotopic (exact) mass is 320 g/mol. The minimum Gasteiger partial charge on any atom is -0.394 e. The number of ether oxygens (including phenoxy) is 4. The van der Waals surface area contributed by atoms with Gasteiger partial charge in [0.2, 0.25) is 0 Å². The summed E-state index contributed by atoms with van der Waals surface area (Å²) in [4.78, 5) is 0. The van der Waals surface area contributed by atoms with E-state index in [0.29, 0.717) is 0 Å². The molecule has 0 aliphatic heterocycles. The molecule has 0 fully saturated rings. The Morgan fingerprint density at radius 2 is 1.40 bits per heavy atom. The van der Waals surface area contributed by atoms with Gasteiger partial charge in [0.05, 0.1) is 26.4 Å². The van der Waals surface area contributed by atoms with E-state index < -0.39 is 45.2 Å². The largest absolute Gasteiger partial charge is 0.492 e. The fraction of sp³-hybridized carbons (Fsp3) is 1.00. The number of rotatable bonds is 11. The molecule has 5 nitrogen and oxygen atoms in total. The smallest absolute Gasteiger partial charge is 0.394 e. The second-order valence-electron chi connectivity index (χ2n) is 3.04. The molecule has 0 bridgehead atoms. The molecular formula is C8H11F7O5. The summed E-state index contributed by atoms with van der Waals surface area (Å²) < 4.78 is 100. The molecule has 20 heavy (non-hydrogen) atoms. The Kier molecular flexibility index (Phi) is 7.65. The summed E-state index contributed by atoms with van der Waals surface area (Å²) >= 11 is 0. The molecule has 0 spiro atoms. The van der Waals surface area contributed by atoms with Crippen molar-refractivity contribution in [3.8, 4) is 0 Å². The highest BCUT2D eigenvalue weighted by molar-refractivity contribution is 4.67. The first-order valence-corrected chi connectivity index (χ1v) is 4.94. The SMILES string of the molecule is OCCOCCOC(F)(F)C(F)(F)OC(F)(F)OCF. The molecule has 0 rings (SSSR count). The van der Waals surface area contributed by atoms with Crippen LogP contribution in [0.5, 0.6) is 0 Å². The molecule has 0 saturated heterocycles. The van der Waals surface area contributed by atoms with Crippen molar-refractivity contribution in [2.24, 2.45) is 0 Å². The van der Waals surface area contributed by atoms with Gasteiger partial charge in [-0.2, -0.15) is 17.6 Å². The summed E-state index contributed by atoms with van der Waals surface area (Å²) in [6.07, 6.45) is -16.5. The van der Waals surface area contributed by atoms with Gasteiger partial charge in [0.1, 0.15) is 0 Å². The third-order valence-electron chi connectivity index (χ3n) is 1.56. The Balaban J connectivity index is 4.40. The fourth-order valence-electron chi connectivity index (χ4n) is 0.781. The van der Waals surface area contributed by atoms with Gasteiger partial charge in [-0.15, -0.1) is 8.78 Å². The molecule has 12 heteroatoms. The van der Waals surface area contributed by atoms with Gasteiger partial charge < -0.3 is 14.6 Å². The second-order valence-corrected chi connectivity index (χ2v) is 3.04. The maximum absolute atomic E-state index is 12.8. The summed E-state index contributed by atoms with van der Waals surface area (Å²) in [6.45, 7) is -4.64. The lowest BCUT2D eigenvalue weighted by Crippen LogP contribution is -2.49. The fourth-order valence-corrected chi connectivity index (χ4v) is 0.781. The zero-order valence-corrected chi connectivity index (χ0v) is 9.76. The van der Waals surface area contributed by atoms with Crippen LogP contribution in [0.1, 0.15) is 0 Å². The Labute approximate surface area is 108 Å². The minimum atomic E-state index is -5.78. The third kappa shape index (κ3) is 6.65. The minimum absolute atomic E-state index is 0.260. The maximum Gasteiger partial charge on any atom is 0.492 e. The Morgan fingerprint density at radius 3 is 1.90 bits per heavy atom. The number of aliphatic hydroxyl groups is 1. The Hall–Kier alpha value is -0.690. The van der Waals surface area contributed by atoms with Crippen LogP contribution in [0.2, 0.25) is 0 Å². The lowest BCUT2D eigenvalue weighted by Gasteiger charge is -2.27. The van der Waals surface area contributed by atoms with Gasteiger partial charge in [-0.05, 0) is 0 Å². The molecule has 0 aromatic carbocycles. The first-order chi connectivity index (χ1) is 9.08. The van der Waals surface area contributed by atoms with E-state index >= 15 is 0 Å². The zero-order chi connectivity index (χ0) is 15.9. The molecule has 0 amide bonds. The van der Waals surface area contributed by atoms with Gasteiger partial charge in [-0.1, -0.05) is 0 Å². The second kappa shape index (κ2) is 7.93. The van der Waals surface area contributed by atoms with E-state index in [9.17, 15) is 30.7 Å². The summed E-state index contributed by atoms with van der Waals surface area (Å²) in [5, 5.41) is 8.25.